The number of carboxylic acid groups (broad SMARTS) is 1. The lowest BCUT2D eigenvalue weighted by Crippen LogP contribution is -2.85. The SMILES string of the molecule is CC(C)(C)C(=O)[O-].CC(C)CC[C@]1(c2ccccc2)[NH+]=C(N)N(Cc2ccc(C(C)(C)C)c(C(=O)NCc3ccccc3)c2)C1=O. The second-order valence-electron chi connectivity index (χ2n) is 14.4. The molecule has 0 unspecified atom stereocenters. The van der Waals surface area contributed by atoms with Gasteiger partial charge in [-0.25, -0.2) is 0 Å². The van der Waals surface area contributed by atoms with Crippen LogP contribution in [0, 0.1) is 11.3 Å². The van der Waals surface area contributed by atoms with E-state index in [1.807, 2.05) is 78.9 Å². The summed E-state index contributed by atoms with van der Waals surface area (Å²) in [6, 6.07) is 25.6. The molecule has 1 atom stereocenters. The molecule has 1 aliphatic rings. The highest BCUT2D eigenvalue weighted by Gasteiger charge is 2.53. The van der Waals surface area contributed by atoms with Crippen molar-refractivity contribution in [2.75, 3.05) is 0 Å². The monoisotopic (exact) mass is 626 g/mol. The summed E-state index contributed by atoms with van der Waals surface area (Å²) in [7, 11) is 0. The lowest BCUT2D eigenvalue weighted by Gasteiger charge is -2.25. The van der Waals surface area contributed by atoms with E-state index in [4.69, 9.17) is 5.73 Å². The predicted molar refractivity (Wildman–Crippen MR) is 180 cm³/mol. The molecule has 3 aromatic carbocycles. The quantitative estimate of drug-likeness (QED) is 0.333. The van der Waals surface area contributed by atoms with Crippen molar-refractivity contribution in [3.05, 3.63) is 107 Å². The number of carbonyl (C=O) groups is 3. The molecule has 2 amide bonds. The Morgan fingerprint density at radius 3 is 2.00 bits per heavy atom. The van der Waals surface area contributed by atoms with Crippen molar-refractivity contribution < 1.29 is 24.5 Å². The molecule has 46 heavy (non-hydrogen) atoms. The second-order valence-corrected chi connectivity index (χ2v) is 14.4. The van der Waals surface area contributed by atoms with Crippen LogP contribution >= 0.6 is 0 Å². The van der Waals surface area contributed by atoms with Gasteiger partial charge in [0, 0.05) is 29.1 Å². The third-order valence-corrected chi connectivity index (χ3v) is 7.99. The molecule has 0 bridgehead atoms. The van der Waals surface area contributed by atoms with Crippen LogP contribution in [0.2, 0.25) is 0 Å². The van der Waals surface area contributed by atoms with E-state index in [1.165, 1.54) is 0 Å². The molecule has 0 aromatic heterocycles. The van der Waals surface area contributed by atoms with E-state index in [2.05, 4.69) is 44.9 Å². The number of guanidine groups is 1. The Balaban J connectivity index is 0.000000738. The number of carboxylic acids is 1. The van der Waals surface area contributed by atoms with E-state index in [0.29, 0.717) is 30.4 Å². The molecule has 4 rings (SSSR count). The van der Waals surface area contributed by atoms with Gasteiger partial charge in [-0.15, -0.1) is 0 Å². The number of nitrogens with two attached hydrogens (primary N) is 1. The summed E-state index contributed by atoms with van der Waals surface area (Å²) >= 11 is 0. The first-order valence-corrected chi connectivity index (χ1v) is 15.9. The maximum atomic E-state index is 14.0. The molecule has 8 nitrogen and oxygen atoms in total. The minimum Gasteiger partial charge on any atom is -0.550 e. The van der Waals surface area contributed by atoms with Crippen LogP contribution in [-0.4, -0.2) is 28.6 Å². The lowest BCUT2D eigenvalue weighted by molar-refractivity contribution is -0.540. The van der Waals surface area contributed by atoms with Crippen molar-refractivity contribution in [3.63, 3.8) is 0 Å². The van der Waals surface area contributed by atoms with E-state index in [1.54, 1.807) is 25.7 Å². The van der Waals surface area contributed by atoms with Crippen LogP contribution in [-0.2, 0) is 33.6 Å². The van der Waals surface area contributed by atoms with Gasteiger partial charge in [0.1, 0.15) is 6.54 Å². The minimum absolute atomic E-state index is 0.0678. The maximum Gasteiger partial charge on any atom is 0.352 e. The summed E-state index contributed by atoms with van der Waals surface area (Å²) < 4.78 is 0. The van der Waals surface area contributed by atoms with E-state index in [9.17, 15) is 19.5 Å². The van der Waals surface area contributed by atoms with Gasteiger partial charge in [-0.3, -0.25) is 20.3 Å². The third kappa shape index (κ3) is 9.05. The van der Waals surface area contributed by atoms with Gasteiger partial charge >= 0.3 is 11.9 Å². The van der Waals surface area contributed by atoms with Crippen LogP contribution in [0.25, 0.3) is 0 Å². The van der Waals surface area contributed by atoms with Gasteiger partial charge in [0.25, 0.3) is 5.91 Å². The number of carbonyl (C=O) groups excluding carboxylic acids is 3. The average molecular weight is 627 g/mol. The van der Waals surface area contributed by atoms with Crippen molar-refractivity contribution >= 4 is 23.7 Å². The number of nitrogens with one attached hydrogen (secondary N) is 2. The van der Waals surface area contributed by atoms with Gasteiger partial charge in [-0.2, -0.15) is 4.90 Å². The normalized spacial score (nSPS) is 16.5. The largest absolute Gasteiger partial charge is 0.550 e. The number of nitrogens with zero attached hydrogens (tertiary/aromatic N) is 1. The Labute approximate surface area is 274 Å². The first-order valence-electron chi connectivity index (χ1n) is 15.9. The number of aliphatic carboxylic acids is 1. The Morgan fingerprint density at radius 2 is 1.48 bits per heavy atom. The van der Waals surface area contributed by atoms with Gasteiger partial charge in [0.05, 0.1) is 0 Å². The Kier molecular flexibility index (Phi) is 11.6. The third-order valence-electron chi connectivity index (χ3n) is 7.99. The summed E-state index contributed by atoms with van der Waals surface area (Å²) in [5, 5.41) is 13.0. The van der Waals surface area contributed by atoms with Gasteiger partial charge in [0.2, 0.25) is 5.54 Å². The minimum atomic E-state index is -1.01. The fourth-order valence-electron chi connectivity index (χ4n) is 5.16. The summed E-state index contributed by atoms with van der Waals surface area (Å²) in [6.07, 6.45) is 1.52. The zero-order valence-electron chi connectivity index (χ0n) is 28.6. The molecule has 246 valence electrons. The van der Waals surface area contributed by atoms with Crippen LogP contribution < -0.4 is 21.1 Å². The van der Waals surface area contributed by atoms with E-state index >= 15 is 0 Å². The highest BCUT2D eigenvalue weighted by atomic mass is 16.4. The molecule has 1 heterocycles. The molecule has 1 aliphatic heterocycles. The fourth-order valence-corrected chi connectivity index (χ4v) is 5.16. The van der Waals surface area contributed by atoms with Crippen LogP contribution in [0.1, 0.15) is 101 Å². The molecule has 4 N–H and O–H groups in total. The van der Waals surface area contributed by atoms with Crippen LogP contribution in [0.15, 0.2) is 78.9 Å². The molecule has 0 saturated carbocycles. The van der Waals surface area contributed by atoms with Crippen molar-refractivity contribution in [2.24, 2.45) is 17.1 Å². The maximum absolute atomic E-state index is 14.0. The van der Waals surface area contributed by atoms with Crippen molar-refractivity contribution in [3.8, 4) is 0 Å². The summed E-state index contributed by atoms with van der Waals surface area (Å²) in [4.78, 5) is 42.3. The number of rotatable bonds is 9. The number of amides is 2. The summed E-state index contributed by atoms with van der Waals surface area (Å²) in [5.41, 5.74) is 9.01. The van der Waals surface area contributed by atoms with Gasteiger partial charge in [0.15, 0.2) is 0 Å². The van der Waals surface area contributed by atoms with Crippen LogP contribution in [0.4, 0.5) is 0 Å². The first kappa shape index (κ1) is 36.0. The second kappa shape index (κ2) is 14.8. The van der Waals surface area contributed by atoms with Gasteiger partial charge < -0.3 is 15.2 Å². The Hall–Kier alpha value is -4.46. The Morgan fingerprint density at radius 1 is 0.913 bits per heavy atom. The Bertz CT molecular complexity index is 1540. The molecule has 3 aromatic rings. The molecule has 0 radical (unpaired) electrons. The smallest absolute Gasteiger partial charge is 0.352 e. The molecule has 0 fully saturated rings. The number of hydrogen-bond acceptors (Lipinski definition) is 5. The predicted octanol–water partition coefficient (Wildman–Crippen LogP) is 3.77. The van der Waals surface area contributed by atoms with E-state index < -0.39 is 16.9 Å². The number of hydrogen-bond donors (Lipinski definition) is 3. The number of benzene rings is 3. The highest BCUT2D eigenvalue weighted by molar-refractivity contribution is 6.02. The molecule has 0 aliphatic carbocycles. The molecular formula is C38H50N4O4. The molecule has 8 heteroatoms. The standard InChI is InChI=1S/C33H40N4O2.C5H10O2/c1-23(2)18-19-33(26-14-10-7-11-15-26)30(39)37(31(34)36-33)22-25-16-17-28(32(3,4)5)27(20-25)29(38)35-21-24-12-8-6-9-13-24;1-5(2,3)4(6)7/h6-17,20,23H,18-19,21-22H2,1-5H3,(H2,34,36)(H,35,38);1-3H3,(H,6,7)/t33-;/m1./s1. The average Bonchev–Trinajstić information content (AvgIpc) is 3.24. The van der Waals surface area contributed by atoms with Crippen molar-refractivity contribution in [2.45, 2.75) is 92.3 Å². The molecule has 0 saturated heterocycles. The van der Waals surface area contributed by atoms with Crippen LogP contribution in [0.5, 0.6) is 0 Å². The van der Waals surface area contributed by atoms with Gasteiger partial charge in [-0.05, 0) is 46.9 Å². The van der Waals surface area contributed by atoms with Gasteiger partial charge in [-0.1, -0.05) is 128 Å². The van der Waals surface area contributed by atoms with Crippen molar-refractivity contribution in [1.82, 2.24) is 10.2 Å². The van der Waals surface area contributed by atoms with E-state index in [0.717, 1.165) is 28.7 Å². The van der Waals surface area contributed by atoms with Crippen molar-refractivity contribution in [1.29, 1.82) is 0 Å². The summed E-state index contributed by atoms with van der Waals surface area (Å²) in [6.45, 7) is 16.1. The van der Waals surface area contributed by atoms with Crippen LogP contribution in [0.3, 0.4) is 0 Å². The van der Waals surface area contributed by atoms with E-state index in [-0.39, 0.29) is 23.8 Å². The zero-order valence-corrected chi connectivity index (χ0v) is 28.6. The molecular weight excluding hydrogens is 576 g/mol. The first-order chi connectivity index (χ1) is 21.5. The topological polar surface area (TPSA) is 130 Å². The zero-order chi connectivity index (χ0) is 34.3. The fraction of sp³-hybridized carbons (Fsp3) is 0.421. The lowest BCUT2D eigenvalue weighted by atomic mass is 9.82. The molecule has 0 spiro atoms. The summed E-state index contributed by atoms with van der Waals surface area (Å²) in [5.74, 6) is -0.432. The highest BCUT2D eigenvalue weighted by Crippen LogP contribution is 2.31.